The van der Waals surface area contributed by atoms with Crippen LogP contribution in [0.15, 0.2) is 89.8 Å². The van der Waals surface area contributed by atoms with Crippen molar-refractivity contribution in [1.82, 2.24) is 24.7 Å². The van der Waals surface area contributed by atoms with Crippen LogP contribution in [0, 0.1) is 5.92 Å². The summed E-state index contributed by atoms with van der Waals surface area (Å²) < 4.78 is 3.13. The largest absolute Gasteiger partial charge is 0.354 e. The quantitative estimate of drug-likeness (QED) is 0.186. The van der Waals surface area contributed by atoms with Gasteiger partial charge in [0.05, 0.1) is 5.69 Å². The lowest BCUT2D eigenvalue weighted by Gasteiger charge is -2.43. The number of urea groups is 1. The van der Waals surface area contributed by atoms with E-state index >= 15 is 4.79 Å². The van der Waals surface area contributed by atoms with E-state index in [2.05, 4.69) is 68.5 Å². The van der Waals surface area contributed by atoms with E-state index in [0.29, 0.717) is 26.1 Å². The van der Waals surface area contributed by atoms with Crippen molar-refractivity contribution >= 4 is 39.5 Å². The molecule has 2 aromatic carbocycles. The third kappa shape index (κ3) is 8.13. The monoisotopic (exact) mass is 755 g/mol. The van der Waals surface area contributed by atoms with E-state index in [1.165, 1.54) is 23.1 Å². The molecule has 7 nitrogen and oxygen atoms in total. The van der Waals surface area contributed by atoms with E-state index in [9.17, 15) is 4.79 Å². The molecule has 2 unspecified atom stereocenters. The molecule has 2 aliphatic carbocycles. The van der Waals surface area contributed by atoms with Gasteiger partial charge in [-0.05, 0) is 119 Å². The second-order valence-electron chi connectivity index (χ2n) is 14.3. The lowest BCUT2D eigenvalue weighted by atomic mass is 9.74. The fourth-order valence-electron chi connectivity index (χ4n) is 8.48. The number of nitrogens with one attached hydrogen (secondary N) is 1. The molecule has 3 atom stereocenters. The maximum atomic E-state index is 15.0. The number of aromatic nitrogens is 2. The molecule has 9 heteroatoms. The van der Waals surface area contributed by atoms with Crippen molar-refractivity contribution in [3.63, 3.8) is 0 Å². The Morgan fingerprint density at radius 2 is 1.72 bits per heavy atom. The molecule has 262 valence electrons. The minimum Gasteiger partial charge on any atom is -0.354 e. The summed E-state index contributed by atoms with van der Waals surface area (Å²) in [6.07, 6.45) is 15.5. The topological polar surface area (TPSA) is 70.5 Å². The van der Waals surface area contributed by atoms with E-state index in [1.54, 1.807) is 0 Å². The average Bonchev–Trinajstić information content (AvgIpc) is 3.60. The van der Waals surface area contributed by atoms with Gasteiger partial charge in [0.2, 0.25) is 5.91 Å². The molecule has 50 heavy (non-hydrogen) atoms. The van der Waals surface area contributed by atoms with Crippen molar-refractivity contribution in [1.29, 1.82) is 0 Å². The SMILES string of the molecule is O=C(C1CC([C@H]2c3ccc(Cl)cc3CCc3cc(Br)cnc32)CCN1C(=O)NC1CCCCC1)N(CCCn1cccc1)Cc1ccccc1. The van der Waals surface area contributed by atoms with Crippen LogP contribution in [0.2, 0.25) is 5.02 Å². The lowest BCUT2D eigenvalue weighted by molar-refractivity contribution is -0.138. The van der Waals surface area contributed by atoms with E-state index in [1.807, 2.05) is 52.4 Å². The lowest BCUT2D eigenvalue weighted by Crippen LogP contribution is -2.58. The van der Waals surface area contributed by atoms with Crippen LogP contribution in [0.4, 0.5) is 4.79 Å². The van der Waals surface area contributed by atoms with Crippen LogP contribution in [0.25, 0.3) is 0 Å². The Morgan fingerprint density at radius 1 is 0.940 bits per heavy atom. The minimum absolute atomic E-state index is 0.00281. The van der Waals surface area contributed by atoms with Gasteiger partial charge in [-0.3, -0.25) is 9.78 Å². The number of carbonyl (C=O) groups is 2. The minimum atomic E-state index is -0.578. The summed E-state index contributed by atoms with van der Waals surface area (Å²) in [4.78, 5) is 38.1. The molecule has 1 saturated carbocycles. The molecule has 7 rings (SSSR count). The molecule has 0 bridgehead atoms. The highest BCUT2D eigenvalue weighted by Crippen LogP contribution is 2.44. The van der Waals surface area contributed by atoms with Crippen LogP contribution in [-0.2, 0) is 30.7 Å². The van der Waals surface area contributed by atoms with E-state index in [-0.39, 0.29) is 29.8 Å². The number of amides is 3. The Bertz CT molecular complexity index is 1710. The number of likely N-dealkylation sites (tertiary alicyclic amines) is 1. The summed E-state index contributed by atoms with van der Waals surface area (Å²) in [5.74, 6) is 0.147. The van der Waals surface area contributed by atoms with Crippen LogP contribution in [0.3, 0.4) is 0 Å². The summed E-state index contributed by atoms with van der Waals surface area (Å²) in [5, 5.41) is 4.09. The molecule has 3 heterocycles. The zero-order valence-corrected chi connectivity index (χ0v) is 31.0. The first-order valence-electron chi connectivity index (χ1n) is 18.4. The number of carbonyl (C=O) groups excluding carboxylic acids is 2. The zero-order chi connectivity index (χ0) is 34.5. The normalized spacial score (nSPS) is 20.8. The summed E-state index contributed by atoms with van der Waals surface area (Å²) >= 11 is 10.2. The van der Waals surface area contributed by atoms with Crippen LogP contribution in [0.1, 0.15) is 85.2 Å². The van der Waals surface area contributed by atoms with Crippen molar-refractivity contribution in [3.8, 4) is 0 Å². The number of hydrogen-bond donors (Lipinski definition) is 1. The molecule has 1 N–H and O–H groups in total. The standard InChI is InChI=1S/C41H47BrClN5O2/c42-33-24-32-15-14-30-25-34(43)16-17-36(30)38(39(32)44-27-33)31-18-23-48(41(50)45-35-12-5-2-6-13-35)37(26-31)40(49)47(28-29-10-3-1-4-11-29)22-9-21-46-19-7-8-20-46/h1,3-4,7-8,10-11,16-17,19-20,24-25,27,31,35,37-38H,2,5-6,9,12-15,18,21-23,26,28H2,(H,45,50)/t31?,37?,38-/m0/s1. The molecule has 2 aromatic heterocycles. The van der Waals surface area contributed by atoms with Gasteiger partial charge in [-0.2, -0.15) is 0 Å². The fourth-order valence-corrected chi connectivity index (χ4v) is 9.06. The maximum Gasteiger partial charge on any atom is 0.318 e. The van der Waals surface area contributed by atoms with E-state index in [4.69, 9.17) is 16.6 Å². The molecule has 1 saturated heterocycles. The molecule has 1 aliphatic heterocycles. The molecule has 3 aliphatic rings. The van der Waals surface area contributed by atoms with Gasteiger partial charge in [0.1, 0.15) is 6.04 Å². The van der Waals surface area contributed by atoms with Crippen molar-refractivity contribution in [2.24, 2.45) is 5.92 Å². The number of benzene rings is 2. The number of halogens is 2. The van der Waals surface area contributed by atoms with Crippen LogP contribution < -0.4 is 5.32 Å². The van der Waals surface area contributed by atoms with Crippen molar-refractivity contribution < 1.29 is 9.59 Å². The van der Waals surface area contributed by atoms with Crippen molar-refractivity contribution in [2.75, 3.05) is 13.1 Å². The van der Waals surface area contributed by atoms with E-state index in [0.717, 1.165) is 78.7 Å². The first kappa shape index (κ1) is 34.8. The van der Waals surface area contributed by atoms with Gasteiger partial charge < -0.3 is 19.7 Å². The molecule has 3 amide bonds. The highest BCUT2D eigenvalue weighted by atomic mass is 79.9. The van der Waals surface area contributed by atoms with Gasteiger partial charge in [0.15, 0.2) is 0 Å². The Kier molecular flexibility index (Phi) is 11.2. The summed E-state index contributed by atoms with van der Waals surface area (Å²) in [6, 6.07) is 22.2. The number of pyridine rings is 1. The summed E-state index contributed by atoms with van der Waals surface area (Å²) in [7, 11) is 0. The Hall–Kier alpha value is -3.62. The van der Waals surface area contributed by atoms with Crippen LogP contribution in [0.5, 0.6) is 0 Å². The van der Waals surface area contributed by atoms with Crippen molar-refractivity contribution in [2.45, 2.75) is 95.3 Å². The molecular formula is C41H47BrClN5O2. The second kappa shape index (κ2) is 16.2. The van der Waals surface area contributed by atoms with Gasteiger partial charge in [0.25, 0.3) is 0 Å². The third-order valence-electron chi connectivity index (χ3n) is 11.0. The van der Waals surface area contributed by atoms with Gasteiger partial charge in [-0.1, -0.05) is 67.3 Å². The van der Waals surface area contributed by atoms with Gasteiger partial charge in [0, 0.05) is 66.2 Å². The van der Waals surface area contributed by atoms with Crippen molar-refractivity contribution in [3.05, 3.63) is 123 Å². The number of rotatable bonds is 9. The number of nitrogens with zero attached hydrogens (tertiary/aromatic N) is 4. The van der Waals surface area contributed by atoms with Gasteiger partial charge in [-0.25, -0.2) is 4.79 Å². The number of aryl methyl sites for hydroxylation is 3. The summed E-state index contributed by atoms with van der Waals surface area (Å²) in [5.41, 5.74) is 5.89. The van der Waals surface area contributed by atoms with Crippen LogP contribution in [-0.4, -0.2) is 56.5 Å². The fraction of sp³-hybridized carbons (Fsp3) is 0.439. The first-order chi connectivity index (χ1) is 24.4. The highest BCUT2D eigenvalue weighted by Gasteiger charge is 2.43. The predicted molar refractivity (Wildman–Crippen MR) is 202 cm³/mol. The van der Waals surface area contributed by atoms with Gasteiger partial charge in [-0.15, -0.1) is 0 Å². The first-order valence-corrected chi connectivity index (χ1v) is 19.5. The highest BCUT2D eigenvalue weighted by molar-refractivity contribution is 9.10. The van der Waals surface area contributed by atoms with Crippen LogP contribution >= 0.6 is 27.5 Å². The smallest absolute Gasteiger partial charge is 0.318 e. The number of fused-ring (bicyclic) bond motifs is 2. The van der Waals surface area contributed by atoms with E-state index < -0.39 is 6.04 Å². The molecule has 2 fully saturated rings. The Balaban J connectivity index is 1.22. The molecule has 0 spiro atoms. The predicted octanol–water partition coefficient (Wildman–Crippen LogP) is 8.77. The zero-order valence-electron chi connectivity index (χ0n) is 28.7. The number of hydrogen-bond acceptors (Lipinski definition) is 3. The third-order valence-corrected chi connectivity index (χ3v) is 11.7. The molecule has 0 radical (unpaired) electrons. The molecule has 4 aromatic rings. The number of piperidine rings is 1. The summed E-state index contributed by atoms with van der Waals surface area (Å²) in [6.45, 7) is 2.46. The maximum absolute atomic E-state index is 15.0. The Labute approximate surface area is 309 Å². The molecular weight excluding hydrogens is 710 g/mol. The average molecular weight is 757 g/mol. The van der Waals surface area contributed by atoms with Gasteiger partial charge >= 0.3 is 6.03 Å². The Morgan fingerprint density at radius 3 is 2.52 bits per heavy atom. The second-order valence-corrected chi connectivity index (χ2v) is 15.7.